The van der Waals surface area contributed by atoms with Crippen molar-refractivity contribution in [2.24, 2.45) is 34.1 Å². The van der Waals surface area contributed by atoms with Gasteiger partial charge in [0, 0.05) is 0 Å². The molecule has 1 aromatic rings. The maximum atomic E-state index is 12.6. The maximum Gasteiger partial charge on any atom is 0.328 e. The van der Waals surface area contributed by atoms with Crippen LogP contribution in [0, 0.1) is 29.6 Å². The molecule has 178 valence electrons. The number of fused-ring (bicyclic) bond motifs is 5. The molecule has 0 bridgehead atoms. The number of aryl methyl sites for hydroxylation is 1. The zero-order valence-corrected chi connectivity index (χ0v) is 20.9. The number of hydrogen-bond acceptors (Lipinski definition) is 4. The second-order valence-electron chi connectivity index (χ2n) is 12.2. The van der Waals surface area contributed by atoms with E-state index in [4.69, 9.17) is 16.2 Å². The van der Waals surface area contributed by atoms with Crippen LogP contribution in [-0.4, -0.2) is 18.6 Å². The SMILES string of the molecule is Cc1cc(OC(=O)C(N)CCCCN)cc2c1[C@@]1(C)CC[C@H]3C(C)(C)CCCC3(C)[C@@H]1C2. The van der Waals surface area contributed by atoms with Crippen LogP contribution in [-0.2, 0) is 16.6 Å². The van der Waals surface area contributed by atoms with E-state index in [0.717, 1.165) is 25.2 Å². The van der Waals surface area contributed by atoms with E-state index in [0.29, 0.717) is 35.5 Å². The Morgan fingerprint density at radius 2 is 1.88 bits per heavy atom. The van der Waals surface area contributed by atoms with Gasteiger partial charge in [-0.05, 0) is 115 Å². The van der Waals surface area contributed by atoms with E-state index >= 15 is 0 Å². The second-order valence-corrected chi connectivity index (χ2v) is 12.2. The number of esters is 1. The van der Waals surface area contributed by atoms with Crippen molar-refractivity contribution in [3.63, 3.8) is 0 Å². The Bertz CT molecular complexity index is 878. The summed E-state index contributed by atoms with van der Waals surface area (Å²) in [6.45, 7) is 12.9. The van der Waals surface area contributed by atoms with Crippen LogP contribution in [0.25, 0.3) is 0 Å². The van der Waals surface area contributed by atoms with E-state index in [1.165, 1.54) is 48.8 Å². The molecule has 32 heavy (non-hydrogen) atoms. The number of carbonyl (C=O) groups is 1. The van der Waals surface area contributed by atoms with Crippen LogP contribution < -0.4 is 16.2 Å². The Morgan fingerprint density at radius 1 is 1.12 bits per heavy atom. The first-order valence-corrected chi connectivity index (χ1v) is 12.8. The normalized spacial score (nSPS) is 33.7. The molecule has 4 heteroatoms. The lowest BCUT2D eigenvalue weighted by molar-refractivity contribution is -0.136. The Morgan fingerprint density at radius 3 is 2.59 bits per heavy atom. The van der Waals surface area contributed by atoms with E-state index in [1.807, 2.05) is 0 Å². The highest BCUT2D eigenvalue weighted by molar-refractivity contribution is 5.78. The summed E-state index contributed by atoms with van der Waals surface area (Å²) >= 11 is 0. The minimum absolute atomic E-state index is 0.221. The molecule has 0 aliphatic heterocycles. The predicted octanol–water partition coefficient (Wildman–Crippen LogP) is 5.41. The van der Waals surface area contributed by atoms with Crippen LogP contribution in [0.5, 0.6) is 5.75 Å². The number of carbonyl (C=O) groups excluding carboxylic acids is 1. The molecule has 0 spiro atoms. The Kier molecular flexibility index (Phi) is 6.26. The van der Waals surface area contributed by atoms with Crippen LogP contribution in [0.4, 0.5) is 0 Å². The van der Waals surface area contributed by atoms with Crippen LogP contribution in [0.15, 0.2) is 12.1 Å². The number of rotatable bonds is 6. The van der Waals surface area contributed by atoms with Gasteiger partial charge in [0.05, 0.1) is 0 Å². The number of unbranched alkanes of at least 4 members (excludes halogenated alkanes) is 1. The summed E-state index contributed by atoms with van der Waals surface area (Å²) in [6.07, 6.45) is 10.1. The first-order valence-electron chi connectivity index (χ1n) is 12.8. The lowest BCUT2D eigenvalue weighted by Crippen LogP contribution is -2.55. The first-order chi connectivity index (χ1) is 15.0. The summed E-state index contributed by atoms with van der Waals surface area (Å²) < 4.78 is 5.77. The van der Waals surface area contributed by atoms with Crippen LogP contribution >= 0.6 is 0 Å². The fraction of sp³-hybridized carbons (Fsp3) is 0.750. The van der Waals surface area contributed by atoms with Crippen molar-refractivity contribution in [2.75, 3.05) is 6.54 Å². The molecule has 2 saturated carbocycles. The summed E-state index contributed by atoms with van der Waals surface area (Å²) in [5.74, 6) is 1.78. The monoisotopic (exact) mass is 440 g/mol. The van der Waals surface area contributed by atoms with Gasteiger partial charge in [-0.2, -0.15) is 0 Å². The average Bonchev–Trinajstić information content (AvgIpc) is 3.01. The molecule has 1 aromatic carbocycles. The molecule has 0 radical (unpaired) electrons. The van der Waals surface area contributed by atoms with Gasteiger partial charge in [0.15, 0.2) is 0 Å². The minimum atomic E-state index is -0.584. The lowest BCUT2D eigenvalue weighted by atomic mass is 9.43. The zero-order chi connectivity index (χ0) is 23.3. The zero-order valence-electron chi connectivity index (χ0n) is 20.9. The number of nitrogens with two attached hydrogens (primary N) is 2. The predicted molar refractivity (Wildman–Crippen MR) is 131 cm³/mol. The summed E-state index contributed by atoms with van der Waals surface area (Å²) in [5, 5.41) is 0. The van der Waals surface area contributed by atoms with Crippen LogP contribution in [0.1, 0.15) is 95.8 Å². The molecule has 3 aliphatic rings. The third kappa shape index (κ3) is 3.81. The van der Waals surface area contributed by atoms with Crippen molar-refractivity contribution in [1.29, 1.82) is 0 Å². The average molecular weight is 441 g/mol. The largest absolute Gasteiger partial charge is 0.425 e. The van der Waals surface area contributed by atoms with Crippen molar-refractivity contribution < 1.29 is 9.53 Å². The molecule has 0 heterocycles. The Labute approximate surface area is 194 Å². The van der Waals surface area contributed by atoms with Gasteiger partial charge < -0.3 is 16.2 Å². The Balaban J connectivity index is 1.58. The summed E-state index contributed by atoms with van der Waals surface area (Å²) in [5.41, 5.74) is 16.8. The highest BCUT2D eigenvalue weighted by atomic mass is 16.5. The van der Waals surface area contributed by atoms with Gasteiger partial charge in [0.2, 0.25) is 0 Å². The van der Waals surface area contributed by atoms with Crippen molar-refractivity contribution in [3.05, 3.63) is 28.8 Å². The molecule has 0 saturated heterocycles. The van der Waals surface area contributed by atoms with Gasteiger partial charge in [-0.25, -0.2) is 4.79 Å². The molecule has 0 aromatic heterocycles. The standard InChI is InChI=1S/C28H44N2O2/c1-18-15-20(32-25(31)21(30)9-6-7-14-29)16-19-17-23-27(4)12-8-11-26(2,3)22(27)10-13-28(23,5)24(18)19/h15-16,21-23H,6-14,17,29-30H2,1-5H3/t21?,22-,23-,27?,28-/m0/s1. The molecule has 4 nitrogen and oxygen atoms in total. The van der Waals surface area contributed by atoms with Gasteiger partial charge in [0.25, 0.3) is 0 Å². The van der Waals surface area contributed by atoms with Crippen LogP contribution in [0.3, 0.4) is 0 Å². The van der Waals surface area contributed by atoms with Crippen molar-refractivity contribution in [1.82, 2.24) is 0 Å². The van der Waals surface area contributed by atoms with Gasteiger partial charge in [-0.3, -0.25) is 0 Å². The quantitative estimate of drug-likeness (QED) is 0.352. The van der Waals surface area contributed by atoms with Gasteiger partial charge in [0.1, 0.15) is 11.8 Å². The fourth-order valence-corrected chi connectivity index (χ4v) is 8.31. The fourth-order valence-electron chi connectivity index (χ4n) is 8.31. The van der Waals surface area contributed by atoms with E-state index in [9.17, 15) is 4.79 Å². The minimum Gasteiger partial charge on any atom is -0.425 e. The molecule has 4 N–H and O–H groups in total. The van der Waals surface area contributed by atoms with Crippen LogP contribution in [0.2, 0.25) is 0 Å². The lowest BCUT2D eigenvalue weighted by Gasteiger charge is -2.61. The summed E-state index contributed by atoms with van der Waals surface area (Å²) in [6, 6.07) is 3.62. The van der Waals surface area contributed by atoms with Crippen molar-refractivity contribution in [3.8, 4) is 5.75 Å². The second kappa shape index (κ2) is 8.43. The summed E-state index contributed by atoms with van der Waals surface area (Å²) in [4.78, 5) is 12.6. The molecule has 4 rings (SSSR count). The highest BCUT2D eigenvalue weighted by Gasteiger charge is 2.61. The number of hydrogen-bond donors (Lipinski definition) is 2. The number of ether oxygens (including phenoxy) is 1. The molecular formula is C28H44N2O2. The highest BCUT2D eigenvalue weighted by Crippen LogP contribution is 2.67. The van der Waals surface area contributed by atoms with Crippen molar-refractivity contribution in [2.45, 2.75) is 104 Å². The molecule has 3 aliphatic carbocycles. The van der Waals surface area contributed by atoms with E-state index in [-0.39, 0.29) is 11.4 Å². The molecule has 2 fully saturated rings. The van der Waals surface area contributed by atoms with E-state index in [1.54, 1.807) is 0 Å². The molecule has 5 atom stereocenters. The third-order valence-corrected chi connectivity index (χ3v) is 9.67. The van der Waals surface area contributed by atoms with E-state index < -0.39 is 6.04 Å². The van der Waals surface area contributed by atoms with Gasteiger partial charge in [-0.1, -0.05) is 40.5 Å². The third-order valence-electron chi connectivity index (χ3n) is 9.67. The summed E-state index contributed by atoms with van der Waals surface area (Å²) in [7, 11) is 0. The first kappa shape index (κ1) is 23.8. The smallest absolute Gasteiger partial charge is 0.328 e. The number of benzene rings is 1. The molecule has 0 amide bonds. The van der Waals surface area contributed by atoms with Crippen molar-refractivity contribution >= 4 is 5.97 Å². The van der Waals surface area contributed by atoms with E-state index in [2.05, 4.69) is 46.8 Å². The topological polar surface area (TPSA) is 78.3 Å². The van der Waals surface area contributed by atoms with Gasteiger partial charge >= 0.3 is 5.97 Å². The maximum absolute atomic E-state index is 12.6. The molecule has 2 unspecified atom stereocenters. The Hall–Kier alpha value is -1.39. The molecular weight excluding hydrogens is 396 g/mol. The van der Waals surface area contributed by atoms with Gasteiger partial charge in [-0.15, -0.1) is 0 Å².